The van der Waals surface area contributed by atoms with Gasteiger partial charge < -0.3 is 10.2 Å². The van der Waals surface area contributed by atoms with E-state index in [4.69, 9.17) is 23.2 Å². The normalized spacial score (nSPS) is 14.3. The van der Waals surface area contributed by atoms with Gasteiger partial charge in [0.05, 0.1) is 21.4 Å². The number of sulfonamides is 1. The van der Waals surface area contributed by atoms with Gasteiger partial charge in [0.2, 0.25) is 11.8 Å². The zero-order chi connectivity index (χ0) is 26.6. The van der Waals surface area contributed by atoms with E-state index in [0.29, 0.717) is 31.6 Å². The Morgan fingerprint density at radius 3 is 2.14 bits per heavy atom. The van der Waals surface area contributed by atoms with Crippen molar-refractivity contribution in [2.75, 3.05) is 23.1 Å². The lowest BCUT2D eigenvalue weighted by atomic mass is 9.95. The topological polar surface area (TPSA) is 95.6 Å². The van der Waals surface area contributed by atoms with Gasteiger partial charge in [-0.1, -0.05) is 51.3 Å². The fourth-order valence-corrected chi connectivity index (χ4v) is 5.72. The first-order chi connectivity index (χ1) is 17.6. The first-order valence-corrected chi connectivity index (χ1v) is 14.5. The van der Waals surface area contributed by atoms with Crippen LogP contribution in [-0.4, -0.2) is 38.2 Å². The van der Waals surface area contributed by atoms with Crippen LogP contribution in [0.3, 0.4) is 0 Å². The van der Waals surface area contributed by atoms with Gasteiger partial charge in [0.1, 0.15) is 0 Å². The third-order valence-corrected chi connectivity index (χ3v) is 8.74. The summed E-state index contributed by atoms with van der Waals surface area (Å²) in [6, 6.07) is 18.1. The number of anilines is 2. The molecule has 0 radical (unpaired) electrons. The fraction of sp³-hybridized carbons (Fsp3) is 0.231. The number of amides is 2. The van der Waals surface area contributed by atoms with Gasteiger partial charge in [-0.2, -0.15) is 0 Å². The number of hydrogen-bond acceptors (Lipinski definition) is 4. The van der Waals surface area contributed by atoms with Crippen molar-refractivity contribution in [3.8, 4) is 0 Å². The van der Waals surface area contributed by atoms with Gasteiger partial charge in [0.25, 0.3) is 10.0 Å². The van der Waals surface area contributed by atoms with Crippen molar-refractivity contribution in [2.24, 2.45) is 5.92 Å². The summed E-state index contributed by atoms with van der Waals surface area (Å²) in [7, 11) is -3.84. The predicted molar refractivity (Wildman–Crippen MR) is 149 cm³/mol. The van der Waals surface area contributed by atoms with Crippen LogP contribution in [-0.2, 0) is 26.0 Å². The molecule has 1 aliphatic rings. The molecule has 2 N–H and O–H groups in total. The fourth-order valence-electron chi connectivity index (χ4n) is 4.00. The van der Waals surface area contributed by atoms with Crippen molar-refractivity contribution in [2.45, 2.75) is 24.2 Å². The van der Waals surface area contributed by atoms with Gasteiger partial charge in [0, 0.05) is 34.9 Å². The molecule has 7 nitrogen and oxygen atoms in total. The second kappa shape index (κ2) is 11.9. The van der Waals surface area contributed by atoms with E-state index in [1.807, 2.05) is 24.3 Å². The summed E-state index contributed by atoms with van der Waals surface area (Å²) in [5.74, 6) is -0.209. The molecule has 2 amide bonds. The van der Waals surface area contributed by atoms with Crippen molar-refractivity contribution in [3.63, 3.8) is 0 Å². The van der Waals surface area contributed by atoms with Crippen LogP contribution in [0.25, 0.3) is 0 Å². The largest absolute Gasteiger partial charge is 0.342 e. The average Bonchev–Trinajstić information content (AvgIpc) is 2.88. The van der Waals surface area contributed by atoms with E-state index in [1.165, 1.54) is 18.2 Å². The number of carbonyl (C=O) groups is 2. The molecule has 4 rings (SSSR count). The molecule has 0 atom stereocenters. The second-order valence-corrected chi connectivity index (χ2v) is 12.1. The number of halogens is 3. The summed E-state index contributed by atoms with van der Waals surface area (Å²) in [5, 5.41) is 3.35. The molecule has 1 saturated heterocycles. The maximum absolute atomic E-state index is 12.8. The number of piperidine rings is 1. The molecule has 0 aliphatic carbocycles. The molecule has 194 valence electrons. The quantitative estimate of drug-likeness (QED) is 0.338. The van der Waals surface area contributed by atoms with Gasteiger partial charge in [0.15, 0.2) is 0 Å². The van der Waals surface area contributed by atoms with E-state index >= 15 is 0 Å². The zero-order valence-electron chi connectivity index (χ0n) is 19.6. The molecule has 1 heterocycles. The Kier molecular flexibility index (Phi) is 8.79. The Labute approximate surface area is 234 Å². The van der Waals surface area contributed by atoms with Gasteiger partial charge >= 0.3 is 0 Å². The van der Waals surface area contributed by atoms with E-state index in [1.54, 1.807) is 29.2 Å². The Morgan fingerprint density at radius 2 is 1.51 bits per heavy atom. The first kappa shape index (κ1) is 27.4. The smallest absolute Gasteiger partial charge is 0.261 e. The number of carbonyl (C=O) groups excluding carboxylic acids is 2. The number of nitrogens with one attached hydrogen (secondary N) is 2. The second-order valence-electron chi connectivity index (χ2n) is 8.71. The van der Waals surface area contributed by atoms with Crippen LogP contribution in [0.5, 0.6) is 0 Å². The SMILES string of the molecule is O=C(Nc1ccc(Br)cc1)C1CCN(C(=O)Cc2ccc(NS(=O)(=O)c3ccc(Cl)c(Cl)c3)cc2)CC1. The van der Waals surface area contributed by atoms with Crippen molar-refractivity contribution in [3.05, 3.63) is 86.8 Å². The molecule has 11 heteroatoms. The van der Waals surface area contributed by atoms with Crippen molar-refractivity contribution < 1.29 is 18.0 Å². The standard InChI is InChI=1S/C26H24BrCl2N3O4S/c27-19-3-7-20(8-4-19)30-26(34)18-11-13-32(14-12-18)25(33)15-17-1-5-21(6-2-17)31-37(35,36)22-9-10-23(28)24(29)16-22/h1-10,16,18,31H,11-15H2,(H,30,34). The van der Waals surface area contributed by atoms with Crippen LogP contribution in [0.4, 0.5) is 11.4 Å². The van der Waals surface area contributed by atoms with Crippen molar-refractivity contribution >= 4 is 72.3 Å². The van der Waals surface area contributed by atoms with Crippen molar-refractivity contribution in [1.29, 1.82) is 0 Å². The predicted octanol–water partition coefficient (Wildman–Crippen LogP) is 5.98. The van der Waals surface area contributed by atoms with E-state index < -0.39 is 10.0 Å². The highest BCUT2D eigenvalue weighted by Gasteiger charge is 2.27. The molecule has 3 aromatic rings. The van der Waals surface area contributed by atoms with Gasteiger partial charge in [-0.05, 0) is 73.0 Å². The summed E-state index contributed by atoms with van der Waals surface area (Å²) < 4.78 is 28.7. The summed E-state index contributed by atoms with van der Waals surface area (Å²) >= 11 is 15.2. The molecule has 0 bridgehead atoms. The summed E-state index contributed by atoms with van der Waals surface area (Å²) in [6.45, 7) is 1.03. The van der Waals surface area contributed by atoms with Crippen LogP contribution >= 0.6 is 39.1 Å². The number of rotatable bonds is 7. The molecule has 37 heavy (non-hydrogen) atoms. The highest BCUT2D eigenvalue weighted by molar-refractivity contribution is 9.10. The van der Waals surface area contributed by atoms with Crippen LogP contribution in [0.2, 0.25) is 10.0 Å². The molecule has 1 aliphatic heterocycles. The van der Waals surface area contributed by atoms with E-state index in [9.17, 15) is 18.0 Å². The zero-order valence-corrected chi connectivity index (χ0v) is 23.5. The molecule has 0 aromatic heterocycles. The molecule has 0 saturated carbocycles. The minimum Gasteiger partial charge on any atom is -0.342 e. The highest BCUT2D eigenvalue weighted by atomic mass is 79.9. The summed E-state index contributed by atoms with van der Waals surface area (Å²) in [4.78, 5) is 27.2. The lowest BCUT2D eigenvalue weighted by Crippen LogP contribution is -2.42. The van der Waals surface area contributed by atoms with Crippen LogP contribution < -0.4 is 10.0 Å². The highest BCUT2D eigenvalue weighted by Crippen LogP contribution is 2.26. The third kappa shape index (κ3) is 7.25. The Balaban J connectivity index is 1.28. The van der Waals surface area contributed by atoms with E-state index in [0.717, 1.165) is 15.7 Å². The number of benzene rings is 3. The lowest BCUT2D eigenvalue weighted by molar-refractivity contribution is -0.133. The summed E-state index contributed by atoms with van der Waals surface area (Å²) in [5.41, 5.74) is 1.87. The van der Waals surface area contributed by atoms with E-state index in [-0.39, 0.29) is 39.1 Å². The van der Waals surface area contributed by atoms with Gasteiger partial charge in [-0.25, -0.2) is 8.42 Å². The molecular formula is C26H24BrCl2N3O4S. The number of hydrogen-bond donors (Lipinski definition) is 2. The molecule has 0 spiro atoms. The third-order valence-electron chi connectivity index (χ3n) is 6.09. The monoisotopic (exact) mass is 623 g/mol. The number of likely N-dealkylation sites (tertiary alicyclic amines) is 1. The van der Waals surface area contributed by atoms with Crippen LogP contribution in [0.15, 0.2) is 76.1 Å². The molecule has 1 fully saturated rings. The minimum absolute atomic E-state index is 0.00456. The molecule has 3 aromatic carbocycles. The first-order valence-electron chi connectivity index (χ1n) is 11.5. The lowest BCUT2D eigenvalue weighted by Gasteiger charge is -2.31. The number of nitrogens with zero attached hydrogens (tertiary/aromatic N) is 1. The maximum Gasteiger partial charge on any atom is 0.261 e. The Bertz CT molecular complexity index is 1390. The summed E-state index contributed by atoms with van der Waals surface area (Å²) in [6.07, 6.45) is 1.39. The van der Waals surface area contributed by atoms with Crippen molar-refractivity contribution in [1.82, 2.24) is 4.90 Å². The van der Waals surface area contributed by atoms with Crippen LogP contribution in [0.1, 0.15) is 18.4 Å². The molecule has 0 unspecified atom stereocenters. The Hall–Kier alpha value is -2.59. The van der Waals surface area contributed by atoms with E-state index in [2.05, 4.69) is 26.0 Å². The Morgan fingerprint density at radius 1 is 0.892 bits per heavy atom. The average molecular weight is 625 g/mol. The minimum atomic E-state index is -3.84. The molecular weight excluding hydrogens is 601 g/mol. The van der Waals surface area contributed by atoms with Crippen LogP contribution in [0, 0.1) is 5.92 Å². The maximum atomic E-state index is 12.8. The van der Waals surface area contributed by atoms with Gasteiger partial charge in [-0.3, -0.25) is 14.3 Å². The van der Waals surface area contributed by atoms with Gasteiger partial charge in [-0.15, -0.1) is 0 Å².